The molecule has 2 aromatic rings. The van der Waals surface area contributed by atoms with Crippen LogP contribution in [0.4, 0.5) is 4.39 Å². The van der Waals surface area contributed by atoms with Gasteiger partial charge in [0, 0.05) is 6.92 Å². The molecule has 18 heavy (non-hydrogen) atoms. The zero-order valence-electron chi connectivity index (χ0n) is 10.0. The molecule has 96 valence electrons. The van der Waals surface area contributed by atoms with Gasteiger partial charge in [-0.25, -0.2) is 4.39 Å². The number of halogens is 1. The molecule has 2 N–H and O–H groups in total. The summed E-state index contributed by atoms with van der Waals surface area (Å²) in [5.41, 5.74) is 6.25. The molecule has 0 amide bonds. The van der Waals surface area contributed by atoms with Crippen molar-refractivity contribution in [3.63, 3.8) is 0 Å². The van der Waals surface area contributed by atoms with Crippen LogP contribution in [0.15, 0.2) is 22.7 Å². The number of hydrogen-bond acceptors (Lipinski definition) is 5. The summed E-state index contributed by atoms with van der Waals surface area (Å²) >= 11 is 0. The number of aryl methyl sites for hydroxylation is 1. The van der Waals surface area contributed by atoms with E-state index in [9.17, 15) is 4.39 Å². The van der Waals surface area contributed by atoms with Gasteiger partial charge < -0.3 is 15.0 Å². The minimum Gasteiger partial charge on any atom is -0.482 e. The Bertz CT molecular complexity index is 528. The van der Waals surface area contributed by atoms with Crippen molar-refractivity contribution in [3.8, 4) is 5.75 Å². The van der Waals surface area contributed by atoms with E-state index in [4.69, 9.17) is 15.0 Å². The molecular weight excluding hydrogens is 237 g/mol. The van der Waals surface area contributed by atoms with Crippen molar-refractivity contribution in [2.24, 2.45) is 5.73 Å². The van der Waals surface area contributed by atoms with E-state index < -0.39 is 5.82 Å². The third kappa shape index (κ3) is 3.04. The molecule has 0 aliphatic carbocycles. The van der Waals surface area contributed by atoms with E-state index in [2.05, 4.69) is 10.1 Å². The summed E-state index contributed by atoms with van der Waals surface area (Å²) in [5.74, 6) is 0.588. The maximum atomic E-state index is 13.7. The Labute approximate surface area is 104 Å². The highest BCUT2D eigenvalue weighted by Gasteiger charge is 2.07. The van der Waals surface area contributed by atoms with E-state index in [-0.39, 0.29) is 12.4 Å². The van der Waals surface area contributed by atoms with Crippen molar-refractivity contribution in [2.45, 2.75) is 20.0 Å². The third-order valence-electron chi connectivity index (χ3n) is 2.36. The zero-order chi connectivity index (χ0) is 13.0. The minimum absolute atomic E-state index is 0.0739. The van der Waals surface area contributed by atoms with Gasteiger partial charge in [0.15, 0.2) is 18.2 Å². The van der Waals surface area contributed by atoms with Crippen molar-refractivity contribution < 1.29 is 13.7 Å². The van der Waals surface area contributed by atoms with Crippen LogP contribution in [-0.4, -0.2) is 16.7 Å². The number of benzene rings is 1. The molecule has 5 nitrogen and oxygen atoms in total. The summed E-state index contributed by atoms with van der Waals surface area (Å²) in [6.45, 7) is 2.24. The molecule has 0 saturated carbocycles. The van der Waals surface area contributed by atoms with Gasteiger partial charge in [-0.3, -0.25) is 0 Å². The van der Waals surface area contributed by atoms with Crippen molar-refractivity contribution in [2.75, 3.05) is 6.54 Å². The molecule has 0 spiro atoms. The minimum atomic E-state index is -0.416. The van der Waals surface area contributed by atoms with Crippen molar-refractivity contribution in [3.05, 3.63) is 41.3 Å². The number of hydrogen-bond donors (Lipinski definition) is 1. The fraction of sp³-hybridized carbons (Fsp3) is 0.333. The lowest BCUT2D eigenvalue weighted by Crippen LogP contribution is -2.04. The smallest absolute Gasteiger partial charge is 0.223 e. The number of aromatic nitrogens is 2. The van der Waals surface area contributed by atoms with Crippen molar-refractivity contribution in [1.29, 1.82) is 0 Å². The fourth-order valence-electron chi connectivity index (χ4n) is 1.53. The summed E-state index contributed by atoms with van der Waals surface area (Å²) in [6, 6.07) is 4.78. The quantitative estimate of drug-likeness (QED) is 0.873. The van der Waals surface area contributed by atoms with Crippen LogP contribution in [0.5, 0.6) is 5.75 Å². The predicted molar refractivity (Wildman–Crippen MR) is 62.5 cm³/mol. The second kappa shape index (κ2) is 5.59. The van der Waals surface area contributed by atoms with E-state index in [0.29, 0.717) is 24.7 Å². The normalized spacial score (nSPS) is 10.6. The van der Waals surface area contributed by atoms with Gasteiger partial charge in [-0.1, -0.05) is 11.2 Å². The lowest BCUT2D eigenvalue weighted by molar-refractivity contribution is 0.273. The number of ether oxygens (including phenoxy) is 1. The van der Waals surface area contributed by atoms with E-state index >= 15 is 0 Å². The van der Waals surface area contributed by atoms with Crippen LogP contribution in [0.1, 0.15) is 17.3 Å². The first-order valence-corrected chi connectivity index (χ1v) is 5.59. The maximum absolute atomic E-state index is 13.7. The molecule has 0 unspecified atom stereocenters. The highest BCUT2D eigenvalue weighted by Crippen LogP contribution is 2.19. The first kappa shape index (κ1) is 12.5. The summed E-state index contributed by atoms with van der Waals surface area (Å²) in [5, 5.41) is 3.66. The Kier molecular flexibility index (Phi) is 3.88. The average molecular weight is 251 g/mol. The van der Waals surface area contributed by atoms with Crippen LogP contribution >= 0.6 is 0 Å². The van der Waals surface area contributed by atoms with Gasteiger partial charge in [0.2, 0.25) is 11.7 Å². The Hall–Kier alpha value is -1.95. The topological polar surface area (TPSA) is 74.2 Å². The number of nitrogens with zero attached hydrogens (tertiary/aromatic N) is 2. The second-order valence-corrected chi connectivity index (χ2v) is 3.82. The highest BCUT2D eigenvalue weighted by atomic mass is 19.1. The molecule has 0 atom stereocenters. The summed E-state index contributed by atoms with van der Waals surface area (Å²) in [4.78, 5) is 3.96. The van der Waals surface area contributed by atoms with Gasteiger partial charge in [-0.05, 0) is 30.7 Å². The van der Waals surface area contributed by atoms with Crippen molar-refractivity contribution >= 4 is 0 Å². The monoisotopic (exact) mass is 251 g/mol. The first-order chi connectivity index (χ1) is 8.69. The molecule has 0 radical (unpaired) electrons. The van der Waals surface area contributed by atoms with Gasteiger partial charge in [0.05, 0.1) is 0 Å². The number of rotatable bonds is 5. The molecule has 0 saturated heterocycles. The third-order valence-corrected chi connectivity index (χ3v) is 2.36. The SMILES string of the molecule is Cc1nc(COc2ccc(CCN)cc2F)no1. The Morgan fingerprint density at radius 1 is 1.44 bits per heavy atom. The van der Waals surface area contributed by atoms with Gasteiger partial charge >= 0.3 is 0 Å². The average Bonchev–Trinajstić information content (AvgIpc) is 2.74. The first-order valence-electron chi connectivity index (χ1n) is 5.59. The standard InChI is InChI=1S/C12H14FN3O2/c1-8-15-12(16-18-8)7-17-11-3-2-9(4-5-14)6-10(11)13/h2-3,6H,4-5,7,14H2,1H3. The Morgan fingerprint density at radius 2 is 2.28 bits per heavy atom. The fourth-order valence-corrected chi connectivity index (χ4v) is 1.53. The molecule has 2 rings (SSSR count). The number of nitrogens with two attached hydrogens (primary N) is 1. The molecule has 1 aromatic heterocycles. The Balaban J connectivity index is 2.01. The lowest BCUT2D eigenvalue weighted by atomic mass is 10.1. The molecule has 0 aliphatic rings. The molecular formula is C12H14FN3O2. The molecule has 1 heterocycles. The molecule has 0 fully saturated rings. The van der Waals surface area contributed by atoms with Crippen molar-refractivity contribution in [1.82, 2.24) is 10.1 Å². The van der Waals surface area contributed by atoms with E-state index in [1.807, 2.05) is 0 Å². The van der Waals surface area contributed by atoms with Gasteiger partial charge in [0.1, 0.15) is 0 Å². The predicted octanol–water partition coefficient (Wildman–Crippen LogP) is 1.60. The lowest BCUT2D eigenvalue weighted by Gasteiger charge is -2.06. The van der Waals surface area contributed by atoms with E-state index in [1.54, 1.807) is 19.1 Å². The Morgan fingerprint density at radius 3 is 2.89 bits per heavy atom. The van der Waals surface area contributed by atoms with Crippen LogP contribution in [0.3, 0.4) is 0 Å². The molecule has 6 heteroatoms. The summed E-state index contributed by atoms with van der Waals surface area (Å²) in [7, 11) is 0. The van der Waals surface area contributed by atoms with E-state index in [0.717, 1.165) is 5.56 Å². The van der Waals surface area contributed by atoms with Crippen LogP contribution in [0, 0.1) is 12.7 Å². The largest absolute Gasteiger partial charge is 0.482 e. The van der Waals surface area contributed by atoms with Crippen LogP contribution in [-0.2, 0) is 13.0 Å². The van der Waals surface area contributed by atoms with E-state index in [1.165, 1.54) is 6.07 Å². The molecule has 0 bridgehead atoms. The second-order valence-electron chi connectivity index (χ2n) is 3.82. The van der Waals surface area contributed by atoms with Gasteiger partial charge in [-0.15, -0.1) is 0 Å². The maximum Gasteiger partial charge on any atom is 0.223 e. The highest BCUT2D eigenvalue weighted by molar-refractivity contribution is 5.29. The summed E-state index contributed by atoms with van der Waals surface area (Å²) < 4.78 is 23.7. The van der Waals surface area contributed by atoms with Crippen LogP contribution in [0.25, 0.3) is 0 Å². The molecule has 1 aromatic carbocycles. The zero-order valence-corrected chi connectivity index (χ0v) is 10.0. The molecule has 0 aliphatic heterocycles. The van der Waals surface area contributed by atoms with Crippen LogP contribution < -0.4 is 10.5 Å². The summed E-state index contributed by atoms with van der Waals surface area (Å²) in [6.07, 6.45) is 0.640. The van der Waals surface area contributed by atoms with Gasteiger partial charge in [0.25, 0.3) is 0 Å². The van der Waals surface area contributed by atoms with Gasteiger partial charge in [-0.2, -0.15) is 4.98 Å². The van der Waals surface area contributed by atoms with Crippen LogP contribution in [0.2, 0.25) is 0 Å².